The van der Waals surface area contributed by atoms with Crippen molar-refractivity contribution in [1.82, 2.24) is 15.2 Å². The Balaban J connectivity index is 1.84. The minimum atomic E-state index is 0.0370. The van der Waals surface area contributed by atoms with E-state index in [2.05, 4.69) is 54.3 Å². The van der Waals surface area contributed by atoms with E-state index in [1.807, 2.05) is 36.5 Å². The molecule has 1 fully saturated rings. The quantitative estimate of drug-likeness (QED) is 0.700. The second-order valence-electron chi connectivity index (χ2n) is 9.10. The third kappa shape index (κ3) is 5.90. The Morgan fingerprint density at radius 2 is 1.83 bits per heavy atom. The molecule has 1 aromatic heterocycles. The zero-order valence-electron chi connectivity index (χ0n) is 18.0. The number of pyridine rings is 1. The van der Waals surface area contributed by atoms with E-state index in [1.54, 1.807) is 13.3 Å². The van der Waals surface area contributed by atoms with Gasteiger partial charge in [0.15, 0.2) is 5.11 Å². The Morgan fingerprint density at radius 1 is 1.17 bits per heavy atom. The number of piperidine rings is 1. The number of aromatic nitrogens is 1. The van der Waals surface area contributed by atoms with Gasteiger partial charge in [0.2, 0.25) is 0 Å². The molecule has 2 aromatic rings. The summed E-state index contributed by atoms with van der Waals surface area (Å²) in [6.07, 6.45) is 5.75. The third-order valence-corrected chi connectivity index (χ3v) is 5.62. The Morgan fingerprint density at radius 3 is 2.38 bits per heavy atom. The summed E-state index contributed by atoms with van der Waals surface area (Å²) < 4.78 is 5.26. The van der Waals surface area contributed by atoms with Crippen molar-refractivity contribution in [3.05, 3.63) is 54.4 Å². The predicted molar refractivity (Wildman–Crippen MR) is 123 cm³/mol. The Labute approximate surface area is 179 Å². The summed E-state index contributed by atoms with van der Waals surface area (Å²) in [5, 5.41) is 7.93. The molecule has 5 nitrogen and oxygen atoms in total. The topological polar surface area (TPSA) is 49.4 Å². The molecule has 29 heavy (non-hydrogen) atoms. The molecular formula is C23H32N4OS. The first-order valence-electron chi connectivity index (χ1n) is 10.1. The summed E-state index contributed by atoms with van der Waals surface area (Å²) in [4.78, 5) is 6.61. The van der Waals surface area contributed by atoms with Gasteiger partial charge in [-0.05, 0) is 88.6 Å². The highest BCUT2D eigenvalue weighted by molar-refractivity contribution is 7.80. The number of hydrogen-bond donors (Lipinski definition) is 2. The average molecular weight is 413 g/mol. The molecule has 156 valence electrons. The first kappa shape index (κ1) is 21.5. The van der Waals surface area contributed by atoms with Gasteiger partial charge in [0, 0.05) is 41.7 Å². The number of nitrogens with zero attached hydrogens (tertiary/aromatic N) is 2. The van der Waals surface area contributed by atoms with E-state index >= 15 is 0 Å². The fourth-order valence-electron chi connectivity index (χ4n) is 4.41. The summed E-state index contributed by atoms with van der Waals surface area (Å²) in [6.45, 7) is 9.80. The molecular weight excluding hydrogens is 380 g/mol. The molecule has 0 atom stereocenters. The van der Waals surface area contributed by atoms with Crippen LogP contribution in [0.15, 0.2) is 48.8 Å². The van der Waals surface area contributed by atoms with Crippen molar-refractivity contribution in [2.75, 3.05) is 12.4 Å². The van der Waals surface area contributed by atoms with Gasteiger partial charge in [0.1, 0.15) is 5.75 Å². The third-order valence-electron chi connectivity index (χ3n) is 5.29. The fourth-order valence-corrected chi connectivity index (χ4v) is 4.74. The normalized spacial score (nSPS) is 18.1. The van der Waals surface area contributed by atoms with Crippen LogP contribution in [0.3, 0.4) is 0 Å². The van der Waals surface area contributed by atoms with Gasteiger partial charge in [0.25, 0.3) is 0 Å². The minimum absolute atomic E-state index is 0.0370. The van der Waals surface area contributed by atoms with Crippen LogP contribution in [0.4, 0.5) is 5.69 Å². The van der Waals surface area contributed by atoms with Gasteiger partial charge in [-0.2, -0.15) is 0 Å². The summed E-state index contributed by atoms with van der Waals surface area (Å²) in [6, 6.07) is 12.3. The zero-order valence-corrected chi connectivity index (χ0v) is 18.8. The summed E-state index contributed by atoms with van der Waals surface area (Å²) >= 11 is 5.89. The van der Waals surface area contributed by atoms with Crippen molar-refractivity contribution >= 4 is 23.0 Å². The highest BCUT2D eigenvalue weighted by atomic mass is 32.1. The van der Waals surface area contributed by atoms with E-state index < -0.39 is 0 Å². The monoisotopic (exact) mass is 412 g/mol. The van der Waals surface area contributed by atoms with Crippen LogP contribution >= 0.6 is 12.2 Å². The summed E-state index contributed by atoms with van der Waals surface area (Å²) in [5.41, 5.74) is 2.19. The van der Waals surface area contributed by atoms with Crippen LogP contribution in [0.5, 0.6) is 5.75 Å². The van der Waals surface area contributed by atoms with Crippen LogP contribution in [0, 0.1) is 0 Å². The Hall–Kier alpha value is -2.18. The molecule has 1 saturated heterocycles. The molecule has 0 unspecified atom stereocenters. The lowest BCUT2D eigenvalue weighted by molar-refractivity contribution is 0.101. The number of benzene rings is 1. The second-order valence-corrected chi connectivity index (χ2v) is 9.49. The molecule has 1 aliphatic rings. The summed E-state index contributed by atoms with van der Waals surface area (Å²) in [7, 11) is 1.67. The molecule has 0 amide bonds. The number of hydrogen-bond acceptors (Lipinski definition) is 4. The van der Waals surface area contributed by atoms with Crippen molar-refractivity contribution in [3.63, 3.8) is 0 Å². The van der Waals surface area contributed by atoms with Crippen molar-refractivity contribution in [2.24, 2.45) is 0 Å². The smallest absolute Gasteiger partial charge is 0.173 e. The first-order valence-corrected chi connectivity index (χ1v) is 10.5. The maximum Gasteiger partial charge on any atom is 0.173 e. The maximum absolute atomic E-state index is 5.89. The van der Waals surface area contributed by atoms with Crippen LogP contribution in [-0.2, 0) is 6.54 Å². The van der Waals surface area contributed by atoms with E-state index in [-0.39, 0.29) is 11.1 Å². The lowest BCUT2D eigenvalue weighted by Crippen LogP contribution is -2.63. The maximum atomic E-state index is 5.89. The Bertz CT molecular complexity index is 805. The molecule has 0 saturated carbocycles. The van der Waals surface area contributed by atoms with Crippen molar-refractivity contribution in [2.45, 2.75) is 64.2 Å². The van der Waals surface area contributed by atoms with Crippen LogP contribution < -0.4 is 15.4 Å². The molecule has 2 heterocycles. The molecule has 3 rings (SSSR count). The van der Waals surface area contributed by atoms with Crippen LogP contribution in [0.2, 0.25) is 0 Å². The van der Waals surface area contributed by atoms with Crippen LogP contribution in [0.1, 0.15) is 46.1 Å². The SMILES string of the molecule is COc1ccc(NC(=S)N(Cc2cccnc2)C2CC(C)(C)NC(C)(C)C2)cc1. The molecule has 6 heteroatoms. The van der Waals surface area contributed by atoms with E-state index in [1.165, 1.54) is 0 Å². The van der Waals surface area contributed by atoms with Gasteiger partial charge in [-0.1, -0.05) is 6.07 Å². The molecule has 1 aliphatic heterocycles. The lowest BCUT2D eigenvalue weighted by atomic mass is 9.79. The average Bonchev–Trinajstić information content (AvgIpc) is 2.65. The Kier molecular flexibility index (Phi) is 6.44. The highest BCUT2D eigenvalue weighted by Crippen LogP contribution is 2.32. The first-order chi connectivity index (χ1) is 13.7. The molecule has 0 bridgehead atoms. The molecule has 0 aliphatic carbocycles. The molecule has 2 N–H and O–H groups in total. The molecule has 0 radical (unpaired) electrons. The van der Waals surface area contributed by atoms with E-state index in [4.69, 9.17) is 17.0 Å². The van der Waals surface area contributed by atoms with Crippen LogP contribution in [0.25, 0.3) is 0 Å². The van der Waals surface area contributed by atoms with Crippen LogP contribution in [-0.4, -0.2) is 39.2 Å². The highest BCUT2D eigenvalue weighted by Gasteiger charge is 2.40. The van der Waals surface area contributed by atoms with Gasteiger partial charge >= 0.3 is 0 Å². The van der Waals surface area contributed by atoms with Gasteiger partial charge in [-0.15, -0.1) is 0 Å². The number of nitrogens with one attached hydrogen (secondary N) is 2. The number of methoxy groups -OCH3 is 1. The van der Waals surface area contributed by atoms with E-state index in [9.17, 15) is 0 Å². The second kappa shape index (κ2) is 8.67. The van der Waals surface area contributed by atoms with E-state index in [0.717, 1.165) is 41.5 Å². The number of rotatable bonds is 5. The number of anilines is 1. The fraction of sp³-hybridized carbons (Fsp3) is 0.478. The van der Waals surface area contributed by atoms with Crippen molar-refractivity contribution in [3.8, 4) is 5.75 Å². The van der Waals surface area contributed by atoms with Gasteiger partial charge in [-0.3, -0.25) is 4.98 Å². The van der Waals surface area contributed by atoms with Gasteiger partial charge in [-0.25, -0.2) is 0 Å². The molecule has 1 aromatic carbocycles. The van der Waals surface area contributed by atoms with Gasteiger partial charge < -0.3 is 20.3 Å². The molecule has 0 spiro atoms. The zero-order chi connectivity index (χ0) is 21.1. The van der Waals surface area contributed by atoms with Crippen molar-refractivity contribution in [1.29, 1.82) is 0 Å². The number of thiocarbonyl (C=S) groups is 1. The largest absolute Gasteiger partial charge is 0.497 e. The van der Waals surface area contributed by atoms with Gasteiger partial charge in [0.05, 0.1) is 7.11 Å². The summed E-state index contributed by atoms with van der Waals surface area (Å²) in [5.74, 6) is 0.829. The predicted octanol–water partition coefficient (Wildman–Crippen LogP) is 4.60. The van der Waals surface area contributed by atoms with Crippen molar-refractivity contribution < 1.29 is 4.74 Å². The lowest BCUT2D eigenvalue weighted by Gasteiger charge is -2.50. The van der Waals surface area contributed by atoms with E-state index in [0.29, 0.717) is 6.04 Å². The minimum Gasteiger partial charge on any atom is -0.497 e. The number of ether oxygens (including phenoxy) is 1. The standard InChI is InChI=1S/C23H32N4OS/c1-22(2)13-19(14-23(3,4)26-22)27(16-17-7-6-12-24-15-17)21(29)25-18-8-10-20(28-5)11-9-18/h6-12,15,19,26H,13-14,16H2,1-5H3,(H,25,29).